The Labute approximate surface area is 47.2 Å². The normalized spacial score (nSPS) is 16.7. The summed E-state index contributed by atoms with van der Waals surface area (Å²) < 4.78 is 40.2. The second-order valence-corrected chi connectivity index (χ2v) is 0.939. The van der Waals surface area contributed by atoms with Crippen molar-refractivity contribution in [2.75, 3.05) is 0 Å². The third kappa shape index (κ3) is 1.000. The van der Waals surface area contributed by atoms with Crippen molar-refractivity contribution in [3.63, 3.8) is 0 Å². The van der Waals surface area contributed by atoms with Gasteiger partial charge in [0.25, 0.3) is 0 Å². The van der Waals surface area contributed by atoms with Gasteiger partial charge in [0, 0.05) is 6.07 Å². The highest BCUT2D eigenvalue weighted by molar-refractivity contribution is 5.00. The Bertz CT molecular complexity index is 271. The van der Waals surface area contributed by atoms with Gasteiger partial charge in [-0.05, 0) is 6.04 Å². The monoisotopic (exact) mass is 99.1 g/mol. The summed E-state index contributed by atoms with van der Waals surface area (Å²) in [7, 11) is 0. The van der Waals surface area contributed by atoms with E-state index in [1.807, 2.05) is 6.07 Å². The summed E-state index contributed by atoms with van der Waals surface area (Å²) in [6.45, 7) is 0. The summed E-state index contributed by atoms with van der Waals surface area (Å²) in [6.07, 6.45) is 0. The molecule has 0 saturated carbocycles. The van der Waals surface area contributed by atoms with Crippen LogP contribution in [-0.4, -0.2) is 0 Å². The second-order valence-electron chi connectivity index (χ2n) is 0.939. The fraction of sp³-hybridized carbons (Fsp3) is 0. The Balaban J connectivity index is 3.46. The number of halogens is 1. The topological polar surface area (TPSA) is 0 Å². The zero-order valence-corrected chi connectivity index (χ0v) is 3.38. The fourth-order valence-electron chi connectivity index (χ4n) is 0.235. The molecule has 1 heteroatoms. The Morgan fingerprint density at radius 1 is 1.71 bits per heavy atom. The van der Waals surface area contributed by atoms with Gasteiger partial charge in [-0.15, -0.1) is 0 Å². The molecule has 0 nitrogen and oxygen atoms in total. The lowest BCUT2D eigenvalue weighted by molar-refractivity contribution is 0.625. The Kier molecular flexibility index (Phi) is 0.392. The molecule has 0 fully saturated rings. The predicted octanol–water partition coefficient (Wildman–Crippen LogP) is 1.63. The van der Waals surface area contributed by atoms with Crippen molar-refractivity contribution in [2.45, 2.75) is 0 Å². The van der Waals surface area contributed by atoms with Crippen molar-refractivity contribution in [1.82, 2.24) is 0 Å². The first-order chi connectivity index (χ1) is 5.04. The number of rotatable bonds is 0. The predicted molar refractivity (Wildman–Crippen MR) is 25.2 cm³/mol. The molecule has 0 aliphatic carbocycles. The minimum absolute atomic E-state index is 0.462. The lowest BCUT2D eigenvalue weighted by Crippen LogP contribution is -1.65. The van der Waals surface area contributed by atoms with Crippen LogP contribution in [0.5, 0.6) is 0 Å². The van der Waals surface area contributed by atoms with Crippen LogP contribution in [0.2, 0.25) is 0 Å². The molecular weight excluding hydrogens is 91.1 g/mol. The molecule has 7 heavy (non-hydrogen) atoms. The number of benzene rings is 1. The van der Waals surface area contributed by atoms with E-state index in [0.717, 1.165) is 0 Å². The number of hydrogen-bond acceptors (Lipinski definition) is 0. The van der Waals surface area contributed by atoms with Crippen LogP contribution in [0.1, 0.15) is 5.48 Å². The van der Waals surface area contributed by atoms with Gasteiger partial charge in [0.15, 0.2) is 0 Å². The Hall–Kier alpha value is -0.850. The maximum Gasteiger partial charge on any atom is 0.131 e. The molecule has 1 rings (SSSR count). The third-order valence-corrected chi connectivity index (χ3v) is 0.469. The summed E-state index contributed by atoms with van der Waals surface area (Å²) in [5.41, 5.74) is 0. The van der Waals surface area contributed by atoms with Crippen LogP contribution in [0.25, 0.3) is 0 Å². The average Bonchev–Trinajstić information content (AvgIpc) is 1.97. The minimum atomic E-state index is -1.05. The molecule has 0 aromatic heterocycles. The standard InChI is InChI=1S/C6H4F/c7-6-4-2-1-3-5-6/h1-4H/i1D,2D,3D,4D. The van der Waals surface area contributed by atoms with Crippen molar-refractivity contribution in [3.8, 4) is 0 Å². The van der Waals surface area contributed by atoms with Crippen molar-refractivity contribution in [3.05, 3.63) is 36.1 Å². The maximum absolute atomic E-state index is 12.5. The molecule has 0 heterocycles. The first-order valence-electron chi connectivity index (χ1n) is 3.69. The molecule has 0 aliphatic heterocycles. The third-order valence-electron chi connectivity index (χ3n) is 0.469. The van der Waals surface area contributed by atoms with Crippen LogP contribution in [0.15, 0.2) is 24.2 Å². The van der Waals surface area contributed by atoms with E-state index in [0.29, 0.717) is 0 Å². The summed E-state index contributed by atoms with van der Waals surface area (Å²) in [6, 6.07) is -0.331. The van der Waals surface area contributed by atoms with Crippen LogP contribution in [-0.2, 0) is 0 Å². The highest BCUT2D eigenvalue weighted by Crippen LogP contribution is 1.90. The first kappa shape index (κ1) is 1.58. The van der Waals surface area contributed by atoms with E-state index in [-0.39, 0.29) is 0 Å². The van der Waals surface area contributed by atoms with Crippen LogP contribution in [0.4, 0.5) is 4.39 Å². The first-order valence-corrected chi connectivity index (χ1v) is 1.69. The van der Waals surface area contributed by atoms with E-state index < -0.39 is 30.0 Å². The lowest BCUT2D eigenvalue weighted by atomic mass is 10.4. The fourth-order valence-corrected chi connectivity index (χ4v) is 0.235. The molecular formula is C6H4F. The maximum atomic E-state index is 12.5. The molecule has 0 amide bonds. The molecule has 0 spiro atoms. The molecule has 35 valence electrons. The van der Waals surface area contributed by atoms with E-state index in [9.17, 15) is 4.39 Å². The quantitative estimate of drug-likeness (QED) is 0.463. The molecule has 1 radical (unpaired) electrons. The molecule has 0 bridgehead atoms. The summed E-state index contributed by atoms with van der Waals surface area (Å²) in [4.78, 5) is 0. The summed E-state index contributed by atoms with van der Waals surface area (Å²) >= 11 is 0. The molecule has 0 aliphatic rings. The average molecular weight is 99.1 g/mol. The van der Waals surface area contributed by atoms with E-state index in [4.69, 9.17) is 5.48 Å². The molecule has 0 unspecified atom stereocenters. The van der Waals surface area contributed by atoms with Gasteiger partial charge in [0.05, 0.1) is 5.48 Å². The van der Waals surface area contributed by atoms with Crippen molar-refractivity contribution in [1.29, 1.82) is 0 Å². The summed E-state index contributed by atoms with van der Waals surface area (Å²) in [5.74, 6) is -1.05. The Morgan fingerprint density at radius 2 is 2.57 bits per heavy atom. The van der Waals surface area contributed by atoms with E-state index >= 15 is 0 Å². The zero-order chi connectivity index (χ0) is 8.59. The van der Waals surface area contributed by atoms with Gasteiger partial charge >= 0.3 is 0 Å². The molecule has 1 aromatic carbocycles. The minimum Gasteiger partial charge on any atom is -0.206 e. The Morgan fingerprint density at radius 3 is 3.43 bits per heavy atom. The largest absolute Gasteiger partial charge is 0.206 e. The smallest absolute Gasteiger partial charge is 0.131 e. The van der Waals surface area contributed by atoms with Crippen LogP contribution < -0.4 is 0 Å². The van der Waals surface area contributed by atoms with Crippen LogP contribution >= 0.6 is 0 Å². The molecule has 0 atom stereocenters. The van der Waals surface area contributed by atoms with Gasteiger partial charge in [-0.1, -0.05) is 18.1 Å². The van der Waals surface area contributed by atoms with Gasteiger partial charge in [-0.2, -0.15) is 0 Å². The van der Waals surface area contributed by atoms with Crippen LogP contribution in [0, 0.1) is 11.9 Å². The summed E-state index contributed by atoms with van der Waals surface area (Å²) in [5, 5.41) is 0. The van der Waals surface area contributed by atoms with E-state index in [2.05, 4.69) is 0 Å². The second kappa shape index (κ2) is 1.73. The zero-order valence-electron chi connectivity index (χ0n) is 7.38. The van der Waals surface area contributed by atoms with Gasteiger partial charge in [0.2, 0.25) is 0 Å². The van der Waals surface area contributed by atoms with Gasteiger partial charge in [0.1, 0.15) is 5.82 Å². The van der Waals surface area contributed by atoms with Gasteiger partial charge < -0.3 is 0 Å². The van der Waals surface area contributed by atoms with E-state index in [1.54, 1.807) is 0 Å². The van der Waals surface area contributed by atoms with Crippen LogP contribution in [0.3, 0.4) is 0 Å². The molecule has 0 saturated heterocycles. The molecule has 0 N–H and O–H groups in total. The highest BCUT2D eigenvalue weighted by atomic mass is 19.1. The number of hydrogen-bond donors (Lipinski definition) is 0. The van der Waals surface area contributed by atoms with Gasteiger partial charge in [-0.3, -0.25) is 0 Å². The highest BCUT2D eigenvalue weighted by Gasteiger charge is 1.78. The molecule has 1 aromatic rings. The van der Waals surface area contributed by atoms with E-state index in [1.165, 1.54) is 0 Å². The van der Waals surface area contributed by atoms with Crippen molar-refractivity contribution in [2.24, 2.45) is 0 Å². The lowest BCUT2D eigenvalue weighted by Gasteiger charge is -1.77. The van der Waals surface area contributed by atoms with Crippen molar-refractivity contribution >= 4 is 0 Å². The SMILES string of the molecule is [2H]c1[c]c(F)c([2H])c([2H])c1[2H]. The van der Waals surface area contributed by atoms with Crippen molar-refractivity contribution < 1.29 is 9.87 Å². The van der Waals surface area contributed by atoms with Gasteiger partial charge in [-0.25, -0.2) is 4.39 Å².